The number of carboxylic acids is 1. The number of hydrogen-bond donors (Lipinski definition) is 2. The van der Waals surface area contributed by atoms with Gasteiger partial charge in [0.15, 0.2) is 0 Å². The first-order chi connectivity index (χ1) is 17.1. The number of nitrogens with zero attached hydrogens (tertiary/aromatic N) is 1. The van der Waals surface area contributed by atoms with Crippen molar-refractivity contribution in [2.75, 3.05) is 19.6 Å². The van der Waals surface area contributed by atoms with E-state index in [1.165, 1.54) is 21.9 Å². The summed E-state index contributed by atoms with van der Waals surface area (Å²) in [6.45, 7) is 5.66. The molecule has 5 nitrogen and oxygen atoms in total. The fraction of sp³-hybridized carbons (Fsp3) is 0.300. The zero-order valence-corrected chi connectivity index (χ0v) is 20.1. The number of fused-ring (bicyclic) bond motifs is 1. The fourth-order valence-electron chi connectivity index (χ4n) is 5.46. The minimum Gasteiger partial charge on any atom is -0.475 e. The minimum atomic E-state index is -1.02. The van der Waals surface area contributed by atoms with Gasteiger partial charge in [0.1, 0.15) is 5.76 Å². The van der Waals surface area contributed by atoms with Gasteiger partial charge in [-0.15, -0.1) is 0 Å². The van der Waals surface area contributed by atoms with E-state index in [1.54, 1.807) is 12.1 Å². The zero-order valence-electron chi connectivity index (χ0n) is 20.1. The number of benzene rings is 3. The molecule has 3 atom stereocenters. The molecule has 0 aliphatic carbocycles. The molecule has 1 saturated heterocycles. The van der Waals surface area contributed by atoms with Crippen molar-refractivity contribution in [2.24, 2.45) is 5.92 Å². The third-order valence-corrected chi connectivity index (χ3v) is 7.27. The van der Waals surface area contributed by atoms with Gasteiger partial charge in [0, 0.05) is 19.1 Å². The van der Waals surface area contributed by atoms with Crippen LogP contribution in [0.1, 0.15) is 52.7 Å². The lowest BCUT2D eigenvalue weighted by atomic mass is 9.80. The van der Waals surface area contributed by atoms with E-state index in [2.05, 4.69) is 89.9 Å². The van der Waals surface area contributed by atoms with Crippen LogP contribution in [0.2, 0.25) is 0 Å². The van der Waals surface area contributed by atoms with E-state index in [4.69, 9.17) is 4.42 Å². The summed E-state index contributed by atoms with van der Waals surface area (Å²) in [6.07, 6.45) is 1.06. The molecule has 1 aliphatic rings. The Hall–Kier alpha value is -3.41. The number of carboxylic acid groups (broad SMARTS) is 1. The molecule has 0 radical (unpaired) electrons. The molecule has 0 amide bonds. The van der Waals surface area contributed by atoms with Crippen LogP contribution in [0.15, 0.2) is 89.3 Å². The monoisotopic (exact) mass is 468 g/mol. The van der Waals surface area contributed by atoms with Crippen LogP contribution in [-0.4, -0.2) is 35.6 Å². The first-order valence-electron chi connectivity index (χ1n) is 12.4. The van der Waals surface area contributed by atoms with Crippen molar-refractivity contribution in [1.82, 2.24) is 10.2 Å². The third kappa shape index (κ3) is 5.31. The van der Waals surface area contributed by atoms with E-state index in [9.17, 15) is 9.90 Å². The number of nitrogens with one attached hydrogen (secondary N) is 1. The maximum Gasteiger partial charge on any atom is 0.371 e. The largest absolute Gasteiger partial charge is 0.475 e. The molecule has 0 saturated carbocycles. The molecule has 2 N–H and O–H groups in total. The lowest BCUT2D eigenvalue weighted by molar-refractivity contribution is 0.0656. The highest BCUT2D eigenvalue weighted by Gasteiger charge is 2.31. The first kappa shape index (κ1) is 23.3. The Morgan fingerprint density at radius 1 is 1.03 bits per heavy atom. The summed E-state index contributed by atoms with van der Waals surface area (Å²) in [4.78, 5) is 13.6. The lowest BCUT2D eigenvalue weighted by Gasteiger charge is -2.39. The van der Waals surface area contributed by atoms with Crippen molar-refractivity contribution in [2.45, 2.75) is 31.8 Å². The average Bonchev–Trinajstić information content (AvgIpc) is 3.36. The molecular formula is C30H32N2O3. The Morgan fingerprint density at radius 3 is 2.60 bits per heavy atom. The summed E-state index contributed by atoms with van der Waals surface area (Å²) in [5.41, 5.74) is 2.71. The van der Waals surface area contributed by atoms with Gasteiger partial charge >= 0.3 is 5.97 Å². The molecule has 1 aliphatic heterocycles. The Morgan fingerprint density at radius 2 is 1.80 bits per heavy atom. The fourth-order valence-corrected chi connectivity index (χ4v) is 5.46. The Kier molecular flexibility index (Phi) is 6.98. The number of furan rings is 1. The second-order valence-corrected chi connectivity index (χ2v) is 9.57. The van der Waals surface area contributed by atoms with Crippen molar-refractivity contribution in [3.05, 3.63) is 108 Å². The molecule has 180 valence electrons. The van der Waals surface area contributed by atoms with Crippen LogP contribution in [0.5, 0.6) is 0 Å². The second-order valence-electron chi connectivity index (χ2n) is 9.57. The lowest BCUT2D eigenvalue weighted by Crippen LogP contribution is -2.43. The predicted octanol–water partition coefficient (Wildman–Crippen LogP) is 6.09. The van der Waals surface area contributed by atoms with Crippen molar-refractivity contribution >= 4 is 16.7 Å². The highest BCUT2D eigenvalue weighted by molar-refractivity contribution is 5.86. The second kappa shape index (κ2) is 10.5. The van der Waals surface area contributed by atoms with Gasteiger partial charge in [-0.2, -0.15) is 0 Å². The molecule has 4 aromatic rings. The molecule has 35 heavy (non-hydrogen) atoms. The molecule has 1 aromatic heterocycles. The summed E-state index contributed by atoms with van der Waals surface area (Å²) in [6, 6.07) is 29.5. The third-order valence-electron chi connectivity index (χ3n) is 7.27. The van der Waals surface area contributed by atoms with Crippen LogP contribution in [0, 0.1) is 5.92 Å². The van der Waals surface area contributed by atoms with Gasteiger partial charge < -0.3 is 14.8 Å². The van der Waals surface area contributed by atoms with Gasteiger partial charge in [-0.1, -0.05) is 72.8 Å². The van der Waals surface area contributed by atoms with Crippen LogP contribution in [0.25, 0.3) is 10.8 Å². The summed E-state index contributed by atoms with van der Waals surface area (Å²) in [5.74, 6) is 0.588. The summed E-state index contributed by atoms with van der Waals surface area (Å²) in [5, 5.41) is 15.6. The Labute approximate surface area is 206 Å². The standard InChI is InChI=1S/C30H32N2O3/c1-21(26-13-7-11-23-10-5-6-12-28(23)26)31-18-24-19-32(20-25-14-15-29(35-25)30(33)34)17-16-27(24)22-8-3-2-4-9-22/h2-15,21,24,27,31H,16-20H2,1H3,(H,33,34)/t21-,24?,27?/m1/s1. The number of likely N-dealkylation sites (tertiary alicyclic amines) is 1. The van der Waals surface area contributed by atoms with Crippen molar-refractivity contribution in [3.63, 3.8) is 0 Å². The Bertz CT molecular complexity index is 1280. The zero-order chi connectivity index (χ0) is 24.2. The number of carbonyl (C=O) groups is 1. The number of aromatic carboxylic acids is 1. The molecule has 2 heterocycles. The van der Waals surface area contributed by atoms with Crippen LogP contribution in [-0.2, 0) is 6.54 Å². The van der Waals surface area contributed by atoms with Gasteiger partial charge in [0.2, 0.25) is 5.76 Å². The first-order valence-corrected chi connectivity index (χ1v) is 12.4. The van der Waals surface area contributed by atoms with Gasteiger partial charge in [-0.3, -0.25) is 4.90 Å². The highest BCUT2D eigenvalue weighted by Crippen LogP contribution is 2.34. The topological polar surface area (TPSA) is 65.7 Å². The van der Waals surface area contributed by atoms with Gasteiger partial charge in [-0.25, -0.2) is 4.79 Å². The average molecular weight is 469 g/mol. The van der Waals surface area contributed by atoms with Crippen LogP contribution in [0.3, 0.4) is 0 Å². The molecule has 5 heteroatoms. The highest BCUT2D eigenvalue weighted by atomic mass is 16.4. The molecule has 3 aromatic carbocycles. The predicted molar refractivity (Wildman–Crippen MR) is 139 cm³/mol. The van der Waals surface area contributed by atoms with Crippen LogP contribution < -0.4 is 5.32 Å². The van der Waals surface area contributed by atoms with E-state index < -0.39 is 5.97 Å². The number of piperidine rings is 1. The molecule has 0 bridgehead atoms. The summed E-state index contributed by atoms with van der Waals surface area (Å²) < 4.78 is 5.53. The minimum absolute atomic E-state index is 0.00120. The smallest absolute Gasteiger partial charge is 0.371 e. The number of rotatable bonds is 8. The SMILES string of the molecule is C[C@@H](NCC1CN(Cc2ccc(C(=O)O)o2)CCC1c1ccccc1)c1cccc2ccccc12. The summed E-state index contributed by atoms with van der Waals surface area (Å²) in [7, 11) is 0. The maximum absolute atomic E-state index is 11.2. The van der Waals surface area contributed by atoms with Crippen molar-refractivity contribution in [3.8, 4) is 0 Å². The van der Waals surface area contributed by atoms with E-state index in [1.807, 2.05) is 0 Å². The normalized spacial score (nSPS) is 19.6. The summed E-state index contributed by atoms with van der Waals surface area (Å²) >= 11 is 0. The van der Waals surface area contributed by atoms with Crippen molar-refractivity contribution < 1.29 is 14.3 Å². The molecule has 1 fully saturated rings. The molecule has 2 unspecified atom stereocenters. The van der Waals surface area contributed by atoms with Gasteiger partial charge in [-0.05, 0) is 65.8 Å². The van der Waals surface area contributed by atoms with Crippen molar-refractivity contribution in [1.29, 1.82) is 0 Å². The molecular weight excluding hydrogens is 436 g/mol. The van der Waals surface area contributed by atoms with Crippen LogP contribution in [0.4, 0.5) is 0 Å². The number of hydrogen-bond acceptors (Lipinski definition) is 4. The van der Waals surface area contributed by atoms with E-state index in [0.29, 0.717) is 24.1 Å². The van der Waals surface area contributed by atoms with E-state index in [-0.39, 0.29) is 11.8 Å². The molecule has 5 rings (SSSR count). The van der Waals surface area contributed by atoms with Crippen LogP contribution >= 0.6 is 0 Å². The Balaban J connectivity index is 1.31. The van der Waals surface area contributed by atoms with E-state index >= 15 is 0 Å². The quantitative estimate of drug-likeness (QED) is 0.328. The van der Waals surface area contributed by atoms with Gasteiger partial charge in [0.25, 0.3) is 0 Å². The maximum atomic E-state index is 11.2. The molecule has 0 spiro atoms. The van der Waals surface area contributed by atoms with Gasteiger partial charge in [0.05, 0.1) is 6.54 Å². The van der Waals surface area contributed by atoms with E-state index in [0.717, 1.165) is 26.1 Å².